The molecule has 0 bridgehead atoms. The molecule has 0 heterocycles. The van der Waals surface area contributed by atoms with Crippen molar-refractivity contribution < 1.29 is 4.74 Å². The molecule has 1 aliphatic carbocycles. The lowest BCUT2D eigenvalue weighted by Crippen LogP contribution is -2.21. The molecular formula is C15H23NO. The average molecular weight is 233 g/mol. The Kier molecular flexibility index (Phi) is 4.87. The highest BCUT2D eigenvalue weighted by Gasteiger charge is 2.15. The van der Waals surface area contributed by atoms with Gasteiger partial charge in [0.1, 0.15) is 5.75 Å². The van der Waals surface area contributed by atoms with Crippen LogP contribution in [0.4, 0.5) is 0 Å². The summed E-state index contributed by atoms with van der Waals surface area (Å²) in [5, 5.41) is 3.36. The van der Waals surface area contributed by atoms with Gasteiger partial charge in [-0.05, 0) is 38.3 Å². The monoisotopic (exact) mass is 233 g/mol. The Hall–Kier alpha value is -1.02. The molecule has 0 saturated heterocycles. The van der Waals surface area contributed by atoms with Crippen LogP contribution in [0.2, 0.25) is 0 Å². The van der Waals surface area contributed by atoms with Crippen molar-refractivity contribution in [2.45, 2.75) is 51.7 Å². The summed E-state index contributed by atoms with van der Waals surface area (Å²) in [4.78, 5) is 0. The summed E-state index contributed by atoms with van der Waals surface area (Å²) in [6, 6.07) is 8.40. The summed E-state index contributed by atoms with van der Waals surface area (Å²) in [5.74, 6) is 1.07. The highest BCUT2D eigenvalue weighted by molar-refractivity contribution is 5.33. The van der Waals surface area contributed by atoms with E-state index >= 15 is 0 Å². The van der Waals surface area contributed by atoms with Gasteiger partial charge in [0.15, 0.2) is 0 Å². The van der Waals surface area contributed by atoms with E-state index in [-0.39, 0.29) is 0 Å². The molecule has 0 aliphatic heterocycles. The molecule has 1 saturated carbocycles. The van der Waals surface area contributed by atoms with E-state index in [0.29, 0.717) is 6.10 Å². The van der Waals surface area contributed by atoms with Crippen LogP contribution in [0, 0.1) is 0 Å². The molecule has 94 valence electrons. The first kappa shape index (κ1) is 12.4. The van der Waals surface area contributed by atoms with Gasteiger partial charge in [-0.25, -0.2) is 0 Å². The van der Waals surface area contributed by atoms with E-state index in [1.807, 2.05) is 0 Å². The summed E-state index contributed by atoms with van der Waals surface area (Å²) in [5.41, 5.74) is 1.28. The molecule has 1 aliphatic rings. The number of rotatable bonds is 5. The molecular weight excluding hydrogens is 210 g/mol. The molecule has 1 aromatic carbocycles. The number of para-hydroxylation sites is 1. The lowest BCUT2D eigenvalue weighted by molar-refractivity contribution is 0.153. The lowest BCUT2D eigenvalue weighted by Gasteiger charge is -2.24. The summed E-state index contributed by atoms with van der Waals surface area (Å²) in [6.07, 6.45) is 6.89. The van der Waals surface area contributed by atoms with Crippen LogP contribution >= 0.6 is 0 Å². The van der Waals surface area contributed by atoms with E-state index in [1.165, 1.54) is 37.7 Å². The predicted octanol–water partition coefficient (Wildman–Crippen LogP) is 3.51. The van der Waals surface area contributed by atoms with E-state index in [1.54, 1.807) is 0 Å². The van der Waals surface area contributed by atoms with Crippen LogP contribution < -0.4 is 10.1 Å². The van der Waals surface area contributed by atoms with Crippen LogP contribution in [0.25, 0.3) is 0 Å². The molecule has 1 N–H and O–H groups in total. The van der Waals surface area contributed by atoms with Gasteiger partial charge in [-0.15, -0.1) is 0 Å². The zero-order valence-corrected chi connectivity index (χ0v) is 10.7. The molecule has 0 radical (unpaired) electrons. The van der Waals surface area contributed by atoms with Gasteiger partial charge in [-0.1, -0.05) is 31.5 Å². The van der Waals surface area contributed by atoms with Crippen molar-refractivity contribution in [2.75, 3.05) is 6.54 Å². The number of hydrogen-bond donors (Lipinski definition) is 1. The third kappa shape index (κ3) is 3.74. The molecule has 1 fully saturated rings. The highest BCUT2D eigenvalue weighted by atomic mass is 16.5. The minimum Gasteiger partial charge on any atom is -0.490 e. The van der Waals surface area contributed by atoms with E-state index in [4.69, 9.17) is 4.74 Å². The zero-order valence-electron chi connectivity index (χ0n) is 10.7. The lowest BCUT2D eigenvalue weighted by atomic mass is 9.97. The minimum atomic E-state index is 0.437. The molecule has 0 amide bonds. The molecule has 0 spiro atoms. The Morgan fingerprint density at radius 1 is 1.18 bits per heavy atom. The maximum Gasteiger partial charge on any atom is 0.124 e. The van der Waals surface area contributed by atoms with Crippen LogP contribution in [0.1, 0.15) is 44.6 Å². The summed E-state index contributed by atoms with van der Waals surface area (Å²) < 4.78 is 6.14. The second-order valence-electron chi connectivity index (χ2n) is 4.77. The van der Waals surface area contributed by atoms with E-state index < -0.39 is 0 Å². The van der Waals surface area contributed by atoms with Crippen molar-refractivity contribution in [3.63, 3.8) is 0 Å². The third-order valence-corrected chi connectivity index (χ3v) is 3.38. The fraction of sp³-hybridized carbons (Fsp3) is 0.600. The van der Waals surface area contributed by atoms with Crippen LogP contribution in [-0.4, -0.2) is 12.6 Å². The molecule has 2 heteroatoms. The van der Waals surface area contributed by atoms with Gasteiger partial charge >= 0.3 is 0 Å². The Bertz CT molecular complexity index is 331. The molecule has 2 nitrogen and oxygen atoms in total. The summed E-state index contributed by atoms with van der Waals surface area (Å²) in [6.45, 7) is 4.03. The normalized spacial score (nSPS) is 17.0. The standard InChI is InChI=1S/C15H23NO/c1-2-16-12-13-8-6-7-11-15(13)17-14-9-4-3-5-10-14/h6-8,11,14,16H,2-5,9-10,12H2,1H3. The first-order chi connectivity index (χ1) is 8.40. The first-order valence-electron chi connectivity index (χ1n) is 6.85. The maximum absolute atomic E-state index is 6.14. The molecule has 2 rings (SSSR count). The topological polar surface area (TPSA) is 21.3 Å². The minimum absolute atomic E-state index is 0.437. The Labute approximate surface area is 104 Å². The fourth-order valence-corrected chi connectivity index (χ4v) is 2.39. The summed E-state index contributed by atoms with van der Waals surface area (Å²) in [7, 11) is 0. The van der Waals surface area contributed by atoms with E-state index in [9.17, 15) is 0 Å². The summed E-state index contributed by atoms with van der Waals surface area (Å²) >= 11 is 0. The quantitative estimate of drug-likeness (QED) is 0.840. The molecule has 17 heavy (non-hydrogen) atoms. The van der Waals surface area contributed by atoms with Crippen molar-refractivity contribution in [1.82, 2.24) is 5.32 Å². The van der Waals surface area contributed by atoms with Gasteiger partial charge in [0.05, 0.1) is 6.10 Å². The Morgan fingerprint density at radius 2 is 1.94 bits per heavy atom. The Balaban J connectivity index is 1.98. The predicted molar refractivity (Wildman–Crippen MR) is 71.3 cm³/mol. The number of benzene rings is 1. The largest absolute Gasteiger partial charge is 0.490 e. The van der Waals surface area contributed by atoms with Crippen molar-refractivity contribution in [1.29, 1.82) is 0 Å². The van der Waals surface area contributed by atoms with Crippen LogP contribution in [0.5, 0.6) is 5.75 Å². The molecule has 0 atom stereocenters. The van der Waals surface area contributed by atoms with Crippen LogP contribution in [0.3, 0.4) is 0 Å². The average Bonchev–Trinajstić information content (AvgIpc) is 2.39. The smallest absolute Gasteiger partial charge is 0.124 e. The second kappa shape index (κ2) is 6.65. The molecule has 1 aromatic rings. The van der Waals surface area contributed by atoms with Gasteiger partial charge in [-0.3, -0.25) is 0 Å². The van der Waals surface area contributed by atoms with Crippen molar-refractivity contribution in [2.24, 2.45) is 0 Å². The number of nitrogens with one attached hydrogen (secondary N) is 1. The van der Waals surface area contributed by atoms with Crippen molar-refractivity contribution >= 4 is 0 Å². The van der Waals surface area contributed by atoms with Gasteiger partial charge < -0.3 is 10.1 Å². The van der Waals surface area contributed by atoms with E-state index in [0.717, 1.165) is 18.8 Å². The van der Waals surface area contributed by atoms with Crippen LogP contribution in [-0.2, 0) is 6.54 Å². The van der Waals surface area contributed by atoms with Crippen LogP contribution in [0.15, 0.2) is 24.3 Å². The SMILES string of the molecule is CCNCc1ccccc1OC1CCCCC1. The third-order valence-electron chi connectivity index (χ3n) is 3.38. The highest BCUT2D eigenvalue weighted by Crippen LogP contribution is 2.25. The van der Waals surface area contributed by atoms with Crippen molar-refractivity contribution in [3.8, 4) is 5.75 Å². The first-order valence-corrected chi connectivity index (χ1v) is 6.85. The second-order valence-corrected chi connectivity index (χ2v) is 4.77. The number of hydrogen-bond acceptors (Lipinski definition) is 2. The molecule has 0 aromatic heterocycles. The van der Waals surface area contributed by atoms with Crippen molar-refractivity contribution in [3.05, 3.63) is 29.8 Å². The maximum atomic E-state index is 6.14. The van der Waals surface area contributed by atoms with E-state index in [2.05, 4.69) is 36.5 Å². The molecule has 0 unspecified atom stereocenters. The number of ether oxygens (including phenoxy) is 1. The van der Waals surface area contributed by atoms with Gasteiger partial charge in [-0.2, -0.15) is 0 Å². The van der Waals surface area contributed by atoms with Gasteiger partial charge in [0, 0.05) is 12.1 Å². The van der Waals surface area contributed by atoms with Gasteiger partial charge in [0.25, 0.3) is 0 Å². The fourth-order valence-electron chi connectivity index (χ4n) is 2.39. The Morgan fingerprint density at radius 3 is 2.71 bits per heavy atom. The van der Waals surface area contributed by atoms with Gasteiger partial charge in [0.2, 0.25) is 0 Å². The zero-order chi connectivity index (χ0) is 11.9.